The van der Waals surface area contributed by atoms with Gasteiger partial charge in [-0.2, -0.15) is 9.97 Å². The molecule has 29 heavy (non-hydrogen) atoms. The van der Waals surface area contributed by atoms with Crippen LogP contribution in [0.4, 0.5) is 5.82 Å². The van der Waals surface area contributed by atoms with E-state index < -0.39 is 12.2 Å². The molecule has 0 unspecified atom stereocenters. The highest BCUT2D eigenvalue weighted by Crippen LogP contribution is 2.62. The van der Waals surface area contributed by atoms with E-state index in [1.165, 1.54) is 0 Å². The maximum Gasteiger partial charge on any atom is 0.226 e. The molecule has 0 amide bonds. The number of halogens is 1. The fourth-order valence-electron chi connectivity index (χ4n) is 4.57. The number of anilines is 1. The summed E-state index contributed by atoms with van der Waals surface area (Å²) < 4.78 is 7.62. The van der Waals surface area contributed by atoms with Crippen molar-refractivity contribution < 1.29 is 14.9 Å². The molecule has 152 valence electrons. The Kier molecular flexibility index (Phi) is 4.38. The van der Waals surface area contributed by atoms with Crippen LogP contribution in [0.5, 0.6) is 5.75 Å². The van der Waals surface area contributed by atoms with E-state index in [1.54, 1.807) is 6.33 Å². The number of aromatic nitrogens is 4. The van der Waals surface area contributed by atoms with Crippen LogP contribution in [0.2, 0.25) is 5.28 Å². The number of nitrogens with one attached hydrogen (secondary N) is 1. The fraction of sp³-hybridized carbons (Fsp3) is 0.450. The number of rotatable bonds is 6. The second-order valence-corrected chi connectivity index (χ2v) is 8.04. The zero-order valence-corrected chi connectivity index (χ0v) is 16.7. The van der Waals surface area contributed by atoms with Crippen molar-refractivity contribution in [2.24, 2.45) is 5.92 Å². The van der Waals surface area contributed by atoms with Crippen molar-refractivity contribution in [3.63, 3.8) is 0 Å². The Labute approximate surface area is 172 Å². The predicted octanol–water partition coefficient (Wildman–Crippen LogP) is 2.33. The van der Waals surface area contributed by atoms with Crippen molar-refractivity contribution in [3.8, 4) is 5.75 Å². The molecular formula is C20H22ClN5O3. The Morgan fingerprint density at radius 3 is 2.86 bits per heavy atom. The number of benzene rings is 1. The number of ether oxygens (including phenoxy) is 1. The zero-order chi connectivity index (χ0) is 20.2. The summed E-state index contributed by atoms with van der Waals surface area (Å²) in [5, 5.41) is 23.6. The van der Waals surface area contributed by atoms with Gasteiger partial charge in [0.15, 0.2) is 17.0 Å². The van der Waals surface area contributed by atoms with Gasteiger partial charge in [0.1, 0.15) is 5.75 Å². The molecule has 3 aromatic rings. The molecule has 2 aliphatic carbocycles. The molecule has 4 atom stereocenters. The Balaban J connectivity index is 1.47. The van der Waals surface area contributed by atoms with Gasteiger partial charge in [-0.1, -0.05) is 18.2 Å². The Morgan fingerprint density at radius 1 is 1.28 bits per heavy atom. The number of aliphatic hydroxyl groups is 2. The lowest BCUT2D eigenvalue weighted by molar-refractivity contribution is 0.0246. The topological polar surface area (TPSA) is 105 Å². The van der Waals surface area contributed by atoms with Gasteiger partial charge in [-0.15, -0.1) is 0 Å². The summed E-state index contributed by atoms with van der Waals surface area (Å²) in [6, 6.07) is 7.82. The Bertz CT molecular complexity index is 1070. The third-order valence-corrected chi connectivity index (χ3v) is 6.21. The van der Waals surface area contributed by atoms with Gasteiger partial charge in [-0.25, -0.2) is 4.98 Å². The molecule has 2 aromatic heterocycles. The van der Waals surface area contributed by atoms with Gasteiger partial charge in [-0.3, -0.25) is 0 Å². The zero-order valence-electron chi connectivity index (χ0n) is 15.9. The van der Waals surface area contributed by atoms with Crippen LogP contribution in [-0.4, -0.2) is 48.5 Å². The van der Waals surface area contributed by atoms with Crippen LogP contribution in [0, 0.1) is 5.92 Å². The van der Waals surface area contributed by atoms with Crippen LogP contribution in [0.1, 0.15) is 25.3 Å². The van der Waals surface area contributed by atoms with Crippen LogP contribution < -0.4 is 10.1 Å². The molecule has 5 rings (SSSR count). The first-order valence-electron chi connectivity index (χ1n) is 9.75. The van der Waals surface area contributed by atoms with Crippen LogP contribution in [-0.2, 0) is 12.1 Å². The van der Waals surface area contributed by atoms with E-state index in [9.17, 15) is 10.2 Å². The van der Waals surface area contributed by atoms with Gasteiger partial charge in [0, 0.05) is 18.0 Å². The summed E-state index contributed by atoms with van der Waals surface area (Å²) >= 11 is 6.21. The third kappa shape index (κ3) is 2.94. The van der Waals surface area contributed by atoms with E-state index in [1.807, 2.05) is 35.8 Å². The molecule has 0 saturated heterocycles. The summed E-state index contributed by atoms with van der Waals surface area (Å²) in [4.78, 5) is 13.2. The number of nitrogens with zero attached hydrogens (tertiary/aromatic N) is 4. The minimum absolute atomic E-state index is 0.0121. The van der Waals surface area contributed by atoms with Gasteiger partial charge in [0.05, 0.1) is 30.7 Å². The summed E-state index contributed by atoms with van der Waals surface area (Å²) in [6.07, 6.45) is 1.55. The molecule has 2 heterocycles. The average Bonchev–Trinajstić information content (AvgIpc) is 3.15. The Hall–Kier alpha value is -2.42. The van der Waals surface area contributed by atoms with E-state index >= 15 is 0 Å². The number of hydrogen-bond donors (Lipinski definition) is 3. The van der Waals surface area contributed by atoms with E-state index in [2.05, 4.69) is 20.3 Å². The Morgan fingerprint density at radius 2 is 2.10 bits per heavy atom. The smallest absolute Gasteiger partial charge is 0.226 e. The molecule has 0 radical (unpaired) electrons. The first kappa shape index (κ1) is 18.6. The maximum atomic E-state index is 10.2. The number of aliphatic hydroxyl groups excluding tert-OH is 2. The van der Waals surface area contributed by atoms with E-state index in [4.69, 9.17) is 16.3 Å². The van der Waals surface area contributed by atoms with Gasteiger partial charge in [0.25, 0.3) is 0 Å². The highest BCUT2D eigenvalue weighted by molar-refractivity contribution is 6.28. The third-order valence-electron chi connectivity index (χ3n) is 6.04. The second kappa shape index (κ2) is 6.83. The summed E-state index contributed by atoms with van der Waals surface area (Å²) in [6.45, 7) is 3.04. The minimum atomic E-state index is -0.726. The molecule has 0 bridgehead atoms. The first-order valence-corrected chi connectivity index (χ1v) is 10.1. The average molecular weight is 416 g/mol. The lowest BCUT2D eigenvalue weighted by atomic mass is 10.1. The molecule has 0 spiro atoms. The summed E-state index contributed by atoms with van der Waals surface area (Å²) in [5.74, 6) is 1.37. The van der Waals surface area contributed by atoms with Gasteiger partial charge < -0.3 is 24.8 Å². The lowest BCUT2D eigenvalue weighted by Crippen LogP contribution is -2.23. The van der Waals surface area contributed by atoms with Crippen molar-refractivity contribution in [2.75, 3.05) is 11.9 Å². The van der Waals surface area contributed by atoms with Crippen LogP contribution >= 0.6 is 11.6 Å². The molecule has 1 aromatic carbocycles. The highest BCUT2D eigenvalue weighted by atomic mass is 35.5. The van der Waals surface area contributed by atoms with E-state index in [0.29, 0.717) is 36.6 Å². The van der Waals surface area contributed by atoms with Crippen molar-refractivity contribution in [1.82, 2.24) is 19.5 Å². The molecule has 3 N–H and O–H groups in total. The fourth-order valence-corrected chi connectivity index (χ4v) is 4.73. The quantitative estimate of drug-likeness (QED) is 0.530. The predicted molar refractivity (Wildman–Crippen MR) is 108 cm³/mol. The number of imidazole rings is 1. The van der Waals surface area contributed by atoms with E-state index in [-0.39, 0.29) is 16.7 Å². The molecule has 9 heteroatoms. The standard InChI is InChI=1S/C20H22ClN5O3/c1-2-29-14-6-4-3-5-11(14)9-22-17-15-18(25-19(21)24-17)26(10-23-15)20-7-12(20)16(28)13(27)8-20/h3-6,10,12-13,16,27-28H,2,7-9H2,1H3,(H,22,24,25)/t12-,13-,16+,20-/m0/s1. The first-order chi connectivity index (χ1) is 14.0. The van der Waals surface area contributed by atoms with E-state index in [0.717, 1.165) is 17.7 Å². The van der Waals surface area contributed by atoms with Crippen molar-refractivity contribution in [2.45, 2.75) is 44.1 Å². The summed E-state index contributed by atoms with van der Waals surface area (Å²) in [7, 11) is 0. The maximum absolute atomic E-state index is 10.2. The van der Waals surface area contributed by atoms with Crippen LogP contribution in [0.25, 0.3) is 11.2 Å². The normalized spacial score (nSPS) is 27.8. The molecular weight excluding hydrogens is 394 g/mol. The number of para-hydroxylation sites is 1. The molecule has 8 nitrogen and oxygen atoms in total. The molecule has 2 saturated carbocycles. The number of fused-ring (bicyclic) bond motifs is 2. The minimum Gasteiger partial charge on any atom is -0.494 e. The van der Waals surface area contributed by atoms with Gasteiger partial charge in [-0.05, 0) is 37.4 Å². The number of hydrogen-bond acceptors (Lipinski definition) is 7. The van der Waals surface area contributed by atoms with Gasteiger partial charge in [0.2, 0.25) is 5.28 Å². The van der Waals surface area contributed by atoms with Crippen molar-refractivity contribution in [3.05, 3.63) is 41.4 Å². The highest BCUT2D eigenvalue weighted by Gasteiger charge is 2.66. The van der Waals surface area contributed by atoms with Gasteiger partial charge >= 0.3 is 0 Å². The molecule has 2 fully saturated rings. The lowest BCUT2D eigenvalue weighted by Gasteiger charge is -2.16. The second-order valence-electron chi connectivity index (χ2n) is 7.70. The summed E-state index contributed by atoms with van der Waals surface area (Å²) in [5.41, 5.74) is 1.87. The SMILES string of the molecule is CCOc1ccccc1CNc1nc(Cl)nc2c1ncn2[C@@]12C[C@H](O)[C@H](O)[C@@H]1C2. The molecule has 2 aliphatic rings. The van der Waals surface area contributed by atoms with Crippen molar-refractivity contribution in [1.29, 1.82) is 0 Å². The largest absolute Gasteiger partial charge is 0.494 e. The molecule has 0 aliphatic heterocycles. The van der Waals surface area contributed by atoms with Crippen LogP contribution in [0.3, 0.4) is 0 Å². The van der Waals surface area contributed by atoms with Crippen LogP contribution in [0.15, 0.2) is 30.6 Å². The van der Waals surface area contributed by atoms with Crippen molar-refractivity contribution >= 4 is 28.6 Å². The monoisotopic (exact) mass is 415 g/mol.